The summed E-state index contributed by atoms with van der Waals surface area (Å²) in [6.07, 6.45) is 11.7. The van der Waals surface area contributed by atoms with Gasteiger partial charge in [0.1, 0.15) is 21.2 Å². The Labute approximate surface area is 308 Å². The molecule has 4 aliphatic rings. The Morgan fingerprint density at radius 3 is 2.75 bits per heavy atom. The molecule has 1 saturated carbocycles. The minimum atomic E-state index is -3.56. The number of allylic oxidation sites excluding steroid dienone is 1. The van der Waals surface area contributed by atoms with Gasteiger partial charge in [0.25, 0.3) is 11.8 Å². The SMILES string of the molecule is CO[C@H]1/C=C/C[C@H](C)CS(=O)(NC(=O)c2cn(C)nc2N(C)C)=NC(=O)c2ccc3c(c2)N(C[C@@H]2CC[C@H]21)C[C@@]1(CCCc2cc(C)ccc21)CO3. The van der Waals surface area contributed by atoms with Crippen LogP contribution >= 0.6 is 0 Å². The number of aryl methyl sites for hydroxylation is 3. The molecule has 0 radical (unpaired) electrons. The summed E-state index contributed by atoms with van der Waals surface area (Å²) < 4.78 is 36.0. The molecule has 1 unspecified atom stereocenters. The van der Waals surface area contributed by atoms with Crippen molar-refractivity contribution >= 4 is 33.2 Å². The lowest BCUT2D eigenvalue weighted by Gasteiger charge is -2.46. The van der Waals surface area contributed by atoms with Crippen molar-refractivity contribution in [3.63, 3.8) is 0 Å². The lowest BCUT2D eigenvalue weighted by molar-refractivity contribution is 0.0131. The molecule has 0 saturated heterocycles. The summed E-state index contributed by atoms with van der Waals surface area (Å²) in [6, 6.07) is 12.2. The predicted molar refractivity (Wildman–Crippen MR) is 205 cm³/mol. The zero-order valence-corrected chi connectivity index (χ0v) is 32.1. The Balaban J connectivity index is 1.30. The van der Waals surface area contributed by atoms with Crippen molar-refractivity contribution in [1.29, 1.82) is 0 Å². The number of nitrogens with one attached hydrogen (secondary N) is 1. The molecule has 2 aliphatic heterocycles. The number of methoxy groups -OCH3 is 1. The first kappa shape index (κ1) is 36.2. The highest BCUT2D eigenvalue weighted by atomic mass is 32.2. The number of benzene rings is 2. The number of hydrogen-bond donors (Lipinski definition) is 1. The Morgan fingerprint density at radius 1 is 1.17 bits per heavy atom. The molecule has 1 N–H and O–H groups in total. The van der Waals surface area contributed by atoms with Crippen LogP contribution < -0.4 is 19.3 Å². The second kappa shape index (κ2) is 14.3. The van der Waals surface area contributed by atoms with Crippen LogP contribution in [0, 0.1) is 24.7 Å². The van der Waals surface area contributed by atoms with Gasteiger partial charge in [-0.05, 0) is 92.5 Å². The summed E-state index contributed by atoms with van der Waals surface area (Å²) in [5.74, 6) is 0.517. The standard InChI is InChI=1S/C40H52N6O5S/c1-26-12-16-33-28(19-26)10-8-18-40(33)24-46-21-30-13-15-31(30)35(50-6)11-7-9-27(2)23-52(49,43-39(48)32-22-45(5)41-37(32)44(3)4)42-38(47)29-14-17-36(51-25-40)34(46)20-29/h7,11-12,14,16-17,19-20,22,27,30-31,35H,8-10,13,15,18,21,23-25H2,1-6H3,(H,42,43,47,48,49)/b11-7+/t27-,30-,31+,35-,40-,52?/m0/s1. The largest absolute Gasteiger partial charge is 0.490 e. The molecule has 3 aromatic rings. The maximum absolute atomic E-state index is 14.7. The summed E-state index contributed by atoms with van der Waals surface area (Å²) in [6.45, 7) is 6.21. The van der Waals surface area contributed by atoms with Gasteiger partial charge in [-0.3, -0.25) is 19.0 Å². The molecule has 1 spiro atoms. The van der Waals surface area contributed by atoms with Gasteiger partial charge in [-0.25, -0.2) is 4.21 Å². The molecule has 2 aliphatic carbocycles. The van der Waals surface area contributed by atoms with Gasteiger partial charge in [-0.2, -0.15) is 5.10 Å². The van der Waals surface area contributed by atoms with Crippen molar-refractivity contribution in [3.05, 3.63) is 82.6 Å². The van der Waals surface area contributed by atoms with Crippen LogP contribution in [0.4, 0.5) is 11.5 Å². The van der Waals surface area contributed by atoms with E-state index in [1.807, 2.05) is 19.1 Å². The summed E-state index contributed by atoms with van der Waals surface area (Å²) in [4.78, 5) is 31.9. The van der Waals surface area contributed by atoms with Crippen LogP contribution in [-0.2, 0) is 33.5 Å². The highest BCUT2D eigenvalue weighted by molar-refractivity contribution is 7.92. The van der Waals surface area contributed by atoms with E-state index in [4.69, 9.17) is 9.47 Å². The maximum atomic E-state index is 14.7. The van der Waals surface area contributed by atoms with Gasteiger partial charge in [0.15, 0.2) is 5.82 Å². The molecule has 6 atom stereocenters. The minimum Gasteiger partial charge on any atom is -0.490 e. The number of amides is 2. The second-order valence-corrected chi connectivity index (χ2v) is 17.7. The van der Waals surface area contributed by atoms with Gasteiger partial charge in [0, 0.05) is 58.5 Å². The molecule has 1 aromatic heterocycles. The number of fused-ring (bicyclic) bond motifs is 4. The zero-order chi connectivity index (χ0) is 36.8. The van der Waals surface area contributed by atoms with Crippen molar-refractivity contribution in [1.82, 2.24) is 14.5 Å². The average Bonchev–Trinajstić information content (AvgIpc) is 3.42. The number of carbonyl (C=O) groups is 2. The Kier molecular flexibility index (Phi) is 9.99. The van der Waals surface area contributed by atoms with Gasteiger partial charge in [0.05, 0.1) is 24.2 Å². The van der Waals surface area contributed by atoms with Gasteiger partial charge >= 0.3 is 0 Å². The van der Waals surface area contributed by atoms with Gasteiger partial charge < -0.3 is 19.3 Å². The van der Waals surface area contributed by atoms with E-state index in [-0.39, 0.29) is 28.8 Å². The topological polar surface area (TPSA) is 118 Å². The van der Waals surface area contributed by atoms with Gasteiger partial charge in [0.2, 0.25) is 0 Å². The van der Waals surface area contributed by atoms with Crippen LogP contribution in [0.1, 0.15) is 76.4 Å². The average molecular weight is 729 g/mol. The van der Waals surface area contributed by atoms with Crippen molar-refractivity contribution in [2.75, 3.05) is 56.5 Å². The van der Waals surface area contributed by atoms with E-state index in [9.17, 15) is 13.8 Å². The molecule has 52 heavy (non-hydrogen) atoms. The molecule has 3 heterocycles. The number of ether oxygens (including phenoxy) is 2. The Morgan fingerprint density at radius 2 is 2.00 bits per heavy atom. The van der Waals surface area contributed by atoms with Crippen LogP contribution in [0.5, 0.6) is 5.75 Å². The fraction of sp³-hybridized carbons (Fsp3) is 0.525. The van der Waals surface area contributed by atoms with E-state index in [1.54, 1.807) is 45.4 Å². The number of aromatic nitrogens is 2. The van der Waals surface area contributed by atoms with E-state index >= 15 is 0 Å². The van der Waals surface area contributed by atoms with Crippen molar-refractivity contribution in [2.24, 2.45) is 29.2 Å². The summed E-state index contributed by atoms with van der Waals surface area (Å²) in [5, 5.41) is 4.38. The minimum absolute atomic E-state index is 0.00232. The first-order valence-corrected chi connectivity index (χ1v) is 20.2. The number of nitrogens with zero attached hydrogens (tertiary/aromatic N) is 5. The smallest absolute Gasteiger partial charge is 0.286 e. The van der Waals surface area contributed by atoms with Crippen LogP contribution in [0.2, 0.25) is 0 Å². The second-order valence-electron chi connectivity index (χ2n) is 15.7. The molecule has 7 rings (SSSR count). The lowest BCUT2D eigenvalue weighted by Crippen LogP contribution is -2.49. The molecule has 278 valence electrons. The van der Waals surface area contributed by atoms with Crippen LogP contribution in [-0.4, -0.2) is 78.6 Å². The maximum Gasteiger partial charge on any atom is 0.286 e. The third-order valence-electron chi connectivity index (χ3n) is 11.4. The van der Waals surface area contributed by atoms with Crippen molar-refractivity contribution < 1.29 is 23.3 Å². The van der Waals surface area contributed by atoms with E-state index in [0.29, 0.717) is 36.2 Å². The van der Waals surface area contributed by atoms with Gasteiger partial charge in [-0.1, -0.05) is 42.8 Å². The molecule has 2 bridgehead atoms. The third-order valence-corrected chi connectivity index (χ3v) is 13.4. The molecular formula is C40H52N6O5S. The third kappa shape index (κ3) is 7.11. The van der Waals surface area contributed by atoms with Crippen molar-refractivity contribution in [3.8, 4) is 5.75 Å². The molecular weight excluding hydrogens is 677 g/mol. The quantitative estimate of drug-likeness (QED) is 0.332. The first-order chi connectivity index (χ1) is 24.9. The molecule has 12 heteroatoms. The van der Waals surface area contributed by atoms with Crippen LogP contribution in [0.15, 0.2) is 59.1 Å². The summed E-state index contributed by atoms with van der Waals surface area (Å²) >= 11 is 0. The zero-order valence-electron chi connectivity index (χ0n) is 31.3. The summed E-state index contributed by atoms with van der Waals surface area (Å²) in [7, 11) is 3.50. The lowest BCUT2D eigenvalue weighted by atomic mass is 9.68. The van der Waals surface area contributed by atoms with E-state index in [1.165, 1.54) is 21.4 Å². The molecule has 2 aromatic carbocycles. The van der Waals surface area contributed by atoms with Crippen molar-refractivity contribution in [2.45, 2.75) is 63.9 Å². The van der Waals surface area contributed by atoms with Crippen LogP contribution in [0.3, 0.4) is 0 Å². The van der Waals surface area contributed by atoms with Gasteiger partial charge in [-0.15, -0.1) is 4.36 Å². The Hall–Kier alpha value is -4.16. The van der Waals surface area contributed by atoms with E-state index in [2.05, 4.69) is 56.4 Å². The Bertz CT molecular complexity index is 2010. The fourth-order valence-corrected chi connectivity index (χ4v) is 10.6. The molecule has 1 fully saturated rings. The number of hydrogen-bond acceptors (Lipinski definition) is 8. The molecule has 11 nitrogen and oxygen atoms in total. The fourth-order valence-electron chi connectivity index (χ4n) is 8.69. The number of anilines is 2. The van der Waals surface area contributed by atoms with E-state index in [0.717, 1.165) is 56.6 Å². The molecule has 2 amide bonds. The highest BCUT2D eigenvalue weighted by Crippen LogP contribution is 2.47. The highest BCUT2D eigenvalue weighted by Gasteiger charge is 2.44. The number of rotatable bonds is 4. The predicted octanol–water partition coefficient (Wildman–Crippen LogP) is 5.86. The first-order valence-electron chi connectivity index (χ1n) is 18.5. The number of carbonyl (C=O) groups excluding carboxylic acids is 2. The van der Waals surface area contributed by atoms with E-state index < -0.39 is 21.7 Å². The monoisotopic (exact) mass is 728 g/mol. The van der Waals surface area contributed by atoms with Crippen LogP contribution in [0.25, 0.3) is 0 Å². The summed E-state index contributed by atoms with van der Waals surface area (Å²) in [5.41, 5.74) is 5.21. The normalized spacial score (nSPS) is 29.4.